The molecule has 106 valence electrons. The molecule has 0 amide bonds. The van der Waals surface area contributed by atoms with Crippen LogP contribution < -0.4 is 5.32 Å². The van der Waals surface area contributed by atoms with Crippen molar-refractivity contribution in [3.63, 3.8) is 0 Å². The van der Waals surface area contributed by atoms with E-state index < -0.39 is 0 Å². The molecule has 19 heavy (non-hydrogen) atoms. The average Bonchev–Trinajstić information content (AvgIpc) is 3.05. The molecule has 1 aliphatic carbocycles. The van der Waals surface area contributed by atoms with E-state index in [4.69, 9.17) is 0 Å². The average molecular weight is 266 g/mol. The Morgan fingerprint density at radius 1 is 1.58 bits per heavy atom. The van der Waals surface area contributed by atoms with E-state index in [0.29, 0.717) is 18.1 Å². The number of nitro groups is 1. The summed E-state index contributed by atoms with van der Waals surface area (Å²) in [5.41, 5.74) is 0.607. The van der Waals surface area contributed by atoms with Crippen molar-refractivity contribution in [2.45, 2.75) is 59.0 Å². The molecule has 1 heterocycles. The molecule has 1 fully saturated rings. The molecule has 1 aromatic rings. The van der Waals surface area contributed by atoms with Crippen molar-refractivity contribution >= 4 is 11.5 Å². The Hall–Kier alpha value is -1.59. The minimum absolute atomic E-state index is 0.121. The van der Waals surface area contributed by atoms with E-state index >= 15 is 0 Å². The normalized spacial score (nSPS) is 16.4. The summed E-state index contributed by atoms with van der Waals surface area (Å²) in [7, 11) is 0. The maximum atomic E-state index is 11.2. The number of anilines is 1. The zero-order chi connectivity index (χ0) is 14.0. The third-order valence-electron chi connectivity index (χ3n) is 3.48. The molecule has 1 unspecified atom stereocenters. The highest BCUT2D eigenvalue weighted by molar-refractivity contribution is 5.60. The predicted octanol–water partition coefficient (Wildman–Crippen LogP) is 3.11. The van der Waals surface area contributed by atoms with Gasteiger partial charge in [-0.2, -0.15) is 5.10 Å². The topological polar surface area (TPSA) is 73.0 Å². The van der Waals surface area contributed by atoms with Gasteiger partial charge in [-0.25, -0.2) is 4.68 Å². The third kappa shape index (κ3) is 3.24. The van der Waals surface area contributed by atoms with E-state index in [-0.39, 0.29) is 16.7 Å². The molecule has 0 spiro atoms. The minimum Gasteiger partial charge on any atom is -0.362 e. The summed E-state index contributed by atoms with van der Waals surface area (Å²) in [6.45, 7) is 6.52. The molecular weight excluding hydrogens is 244 g/mol. The second kappa shape index (κ2) is 5.59. The summed E-state index contributed by atoms with van der Waals surface area (Å²) >= 11 is 0. The van der Waals surface area contributed by atoms with Crippen LogP contribution in [0.4, 0.5) is 11.5 Å². The monoisotopic (exact) mass is 266 g/mol. The van der Waals surface area contributed by atoms with Crippen molar-refractivity contribution in [1.29, 1.82) is 0 Å². The van der Waals surface area contributed by atoms with Crippen molar-refractivity contribution in [3.05, 3.63) is 15.8 Å². The van der Waals surface area contributed by atoms with E-state index in [1.165, 1.54) is 12.8 Å². The van der Waals surface area contributed by atoms with E-state index in [9.17, 15) is 10.1 Å². The lowest BCUT2D eigenvalue weighted by atomic mass is 10.1. The molecule has 0 aromatic carbocycles. The molecule has 1 aromatic heterocycles. The zero-order valence-corrected chi connectivity index (χ0v) is 11.8. The van der Waals surface area contributed by atoms with Gasteiger partial charge in [0.1, 0.15) is 5.69 Å². The largest absolute Gasteiger partial charge is 0.362 e. The highest BCUT2D eigenvalue weighted by Gasteiger charge is 2.28. The van der Waals surface area contributed by atoms with Crippen LogP contribution in [0, 0.1) is 23.0 Å². The van der Waals surface area contributed by atoms with Crippen molar-refractivity contribution in [2.75, 3.05) is 5.32 Å². The highest BCUT2D eigenvalue weighted by atomic mass is 16.6. The van der Waals surface area contributed by atoms with Gasteiger partial charge in [0.15, 0.2) is 0 Å². The molecule has 0 radical (unpaired) electrons. The quantitative estimate of drug-likeness (QED) is 0.608. The van der Waals surface area contributed by atoms with Crippen LogP contribution in [0.15, 0.2) is 0 Å². The SMILES string of the molecule is CCCn1nc(C)c([N+](=O)[O-])c1NC(C)CC1CC1. The van der Waals surface area contributed by atoms with E-state index in [0.717, 1.165) is 18.8 Å². The molecule has 1 aliphatic rings. The Balaban J connectivity index is 2.20. The van der Waals surface area contributed by atoms with Crippen molar-refractivity contribution in [2.24, 2.45) is 5.92 Å². The van der Waals surface area contributed by atoms with Gasteiger partial charge in [-0.1, -0.05) is 19.8 Å². The molecule has 1 N–H and O–H groups in total. The molecule has 6 heteroatoms. The van der Waals surface area contributed by atoms with E-state index in [2.05, 4.69) is 17.3 Å². The number of aryl methyl sites for hydroxylation is 2. The number of hydrogen-bond acceptors (Lipinski definition) is 4. The molecule has 2 rings (SSSR count). The maximum absolute atomic E-state index is 11.2. The molecule has 0 bridgehead atoms. The van der Waals surface area contributed by atoms with Crippen LogP contribution in [-0.4, -0.2) is 20.7 Å². The van der Waals surface area contributed by atoms with Crippen molar-refractivity contribution in [3.8, 4) is 0 Å². The number of nitrogens with one attached hydrogen (secondary N) is 1. The Bertz CT molecular complexity index is 465. The van der Waals surface area contributed by atoms with Crippen LogP contribution in [0.1, 0.15) is 45.2 Å². The van der Waals surface area contributed by atoms with Crippen molar-refractivity contribution in [1.82, 2.24) is 9.78 Å². The van der Waals surface area contributed by atoms with Gasteiger partial charge < -0.3 is 5.32 Å². The number of nitrogens with zero attached hydrogens (tertiary/aromatic N) is 3. The molecule has 1 saturated carbocycles. The van der Waals surface area contributed by atoms with Crippen LogP contribution in [0.3, 0.4) is 0 Å². The summed E-state index contributed by atoms with van der Waals surface area (Å²) in [4.78, 5) is 10.9. The first-order chi connectivity index (χ1) is 9.02. The van der Waals surface area contributed by atoms with E-state index in [1.54, 1.807) is 11.6 Å². The lowest BCUT2D eigenvalue weighted by molar-refractivity contribution is -0.384. The Kier molecular flexibility index (Phi) is 4.07. The van der Waals surface area contributed by atoms with Crippen LogP contribution in [-0.2, 0) is 6.54 Å². The second-order valence-electron chi connectivity index (χ2n) is 5.49. The summed E-state index contributed by atoms with van der Waals surface area (Å²) in [6, 6.07) is 0.248. The molecule has 0 aliphatic heterocycles. The number of hydrogen-bond donors (Lipinski definition) is 1. The fourth-order valence-electron chi connectivity index (χ4n) is 2.45. The first kappa shape index (κ1) is 13.8. The van der Waals surface area contributed by atoms with Gasteiger partial charge in [0.05, 0.1) is 4.92 Å². The summed E-state index contributed by atoms with van der Waals surface area (Å²) < 4.78 is 1.73. The second-order valence-corrected chi connectivity index (χ2v) is 5.49. The van der Waals surface area contributed by atoms with Gasteiger partial charge in [-0.05, 0) is 32.6 Å². The predicted molar refractivity (Wildman–Crippen MR) is 74.3 cm³/mol. The smallest absolute Gasteiger partial charge is 0.333 e. The first-order valence-corrected chi connectivity index (χ1v) is 7.01. The summed E-state index contributed by atoms with van der Waals surface area (Å²) in [6.07, 6.45) is 4.57. The maximum Gasteiger partial charge on any atom is 0.333 e. The third-order valence-corrected chi connectivity index (χ3v) is 3.48. The highest BCUT2D eigenvalue weighted by Crippen LogP contribution is 2.35. The van der Waals surface area contributed by atoms with Gasteiger partial charge in [0, 0.05) is 12.6 Å². The fraction of sp³-hybridized carbons (Fsp3) is 0.769. The van der Waals surface area contributed by atoms with Crippen molar-refractivity contribution < 1.29 is 4.92 Å². The molecule has 1 atom stereocenters. The zero-order valence-electron chi connectivity index (χ0n) is 11.8. The van der Waals surface area contributed by atoms with Gasteiger partial charge in [0.2, 0.25) is 5.82 Å². The van der Waals surface area contributed by atoms with E-state index in [1.807, 2.05) is 6.92 Å². The van der Waals surface area contributed by atoms with Crippen LogP contribution in [0.2, 0.25) is 0 Å². The summed E-state index contributed by atoms with van der Waals surface area (Å²) in [5, 5.41) is 18.8. The Morgan fingerprint density at radius 3 is 2.79 bits per heavy atom. The lowest BCUT2D eigenvalue weighted by Gasteiger charge is -2.15. The minimum atomic E-state index is -0.333. The Labute approximate surface area is 113 Å². The van der Waals surface area contributed by atoms with Crippen LogP contribution >= 0.6 is 0 Å². The number of aromatic nitrogens is 2. The molecular formula is C13H22N4O2. The standard InChI is InChI=1S/C13H22N4O2/c1-4-7-16-13(12(17(18)19)10(3)15-16)14-9(2)8-11-5-6-11/h9,11,14H,4-8H2,1-3H3. The Morgan fingerprint density at radius 2 is 2.26 bits per heavy atom. The van der Waals surface area contributed by atoms with Crippen LogP contribution in [0.5, 0.6) is 0 Å². The van der Waals surface area contributed by atoms with Gasteiger partial charge in [-0.15, -0.1) is 0 Å². The lowest BCUT2D eigenvalue weighted by Crippen LogP contribution is -2.19. The van der Waals surface area contributed by atoms with Crippen LogP contribution in [0.25, 0.3) is 0 Å². The fourth-order valence-corrected chi connectivity index (χ4v) is 2.45. The first-order valence-electron chi connectivity index (χ1n) is 7.01. The van der Waals surface area contributed by atoms with Gasteiger partial charge in [-0.3, -0.25) is 10.1 Å². The number of rotatable bonds is 7. The molecule has 0 saturated heterocycles. The van der Waals surface area contributed by atoms with Gasteiger partial charge in [0.25, 0.3) is 0 Å². The summed E-state index contributed by atoms with van der Waals surface area (Å²) in [5.74, 6) is 1.36. The van der Waals surface area contributed by atoms with Gasteiger partial charge >= 0.3 is 5.69 Å². The molecule has 6 nitrogen and oxygen atoms in total.